The van der Waals surface area contributed by atoms with Crippen LogP contribution in [0.1, 0.15) is 11.1 Å². The summed E-state index contributed by atoms with van der Waals surface area (Å²) in [5.74, 6) is 0.881. The van der Waals surface area contributed by atoms with E-state index < -0.39 is 0 Å². The predicted molar refractivity (Wildman–Crippen MR) is 105 cm³/mol. The minimum absolute atomic E-state index is 0.218. The zero-order valence-electron chi connectivity index (χ0n) is 13.9. The number of nitrogens with one attached hydrogen (secondary N) is 1. The molecular weight excluding hydrogens is 372 g/mol. The zero-order valence-corrected chi connectivity index (χ0v) is 15.5. The molecule has 2 aromatic carbocycles. The van der Waals surface area contributed by atoms with Crippen molar-refractivity contribution in [1.29, 1.82) is 0 Å². The Morgan fingerprint density at radius 3 is 2.69 bits per heavy atom. The minimum atomic E-state index is -0.218. The number of amides is 1. The third kappa shape index (κ3) is 3.02. The van der Waals surface area contributed by atoms with Gasteiger partial charge in [-0.2, -0.15) is 0 Å². The molecule has 132 valence electrons. The number of carbonyl (C=O) groups is 1. The number of ether oxygens (including phenoxy) is 2. The fourth-order valence-corrected chi connectivity index (χ4v) is 3.42. The van der Waals surface area contributed by atoms with E-state index in [9.17, 15) is 4.79 Å². The number of hydrogen-bond acceptors (Lipinski definition) is 4. The predicted octanol–water partition coefficient (Wildman–Crippen LogP) is 3.68. The molecule has 1 amide bonds. The summed E-state index contributed by atoms with van der Waals surface area (Å²) < 4.78 is 11.1. The van der Waals surface area contributed by atoms with E-state index >= 15 is 0 Å². The van der Waals surface area contributed by atoms with E-state index in [1.165, 1.54) is 4.90 Å². The van der Waals surface area contributed by atoms with E-state index in [0.717, 1.165) is 16.8 Å². The van der Waals surface area contributed by atoms with Crippen LogP contribution in [0.4, 0.5) is 5.69 Å². The largest absolute Gasteiger partial charge is 0.486 e. The second kappa shape index (κ2) is 6.63. The second-order valence-corrected chi connectivity index (χ2v) is 6.79. The first-order chi connectivity index (χ1) is 12.5. The molecule has 2 aliphatic heterocycles. The topological polar surface area (TPSA) is 50.8 Å². The number of fused-ring (bicyclic) bond motifs is 1. The Morgan fingerprint density at radius 2 is 1.92 bits per heavy atom. The average molecular weight is 387 g/mol. The van der Waals surface area contributed by atoms with Gasteiger partial charge in [-0.3, -0.25) is 9.69 Å². The third-order valence-corrected chi connectivity index (χ3v) is 4.67. The molecule has 0 aliphatic carbocycles. The molecule has 1 fully saturated rings. The highest BCUT2D eigenvalue weighted by molar-refractivity contribution is 7.80. The summed E-state index contributed by atoms with van der Waals surface area (Å²) in [4.78, 5) is 14.3. The van der Waals surface area contributed by atoms with Crippen LogP contribution in [0.5, 0.6) is 11.5 Å². The first-order valence-electron chi connectivity index (χ1n) is 8.06. The molecule has 4 rings (SSSR count). The average Bonchev–Trinajstić information content (AvgIpc) is 2.90. The van der Waals surface area contributed by atoms with Gasteiger partial charge in [-0.25, -0.2) is 0 Å². The molecule has 1 saturated heterocycles. The van der Waals surface area contributed by atoms with Crippen molar-refractivity contribution >= 4 is 46.6 Å². The molecule has 0 saturated carbocycles. The fourth-order valence-electron chi connectivity index (χ4n) is 2.84. The number of rotatable bonds is 2. The Balaban J connectivity index is 1.66. The highest BCUT2D eigenvalue weighted by atomic mass is 35.5. The molecule has 0 aromatic heterocycles. The maximum Gasteiger partial charge on any atom is 0.281 e. The van der Waals surface area contributed by atoms with Crippen molar-refractivity contribution in [2.45, 2.75) is 6.92 Å². The van der Waals surface area contributed by atoms with Crippen molar-refractivity contribution in [3.8, 4) is 11.5 Å². The fraction of sp³-hybridized carbons (Fsp3) is 0.158. The number of aryl methyl sites for hydroxylation is 1. The quantitative estimate of drug-likeness (QED) is 0.630. The molecule has 1 N–H and O–H groups in total. The molecule has 7 heteroatoms. The highest BCUT2D eigenvalue weighted by Gasteiger charge is 2.32. The van der Waals surface area contributed by atoms with Crippen LogP contribution in [-0.4, -0.2) is 24.2 Å². The SMILES string of the molecule is Cc1ccc(N2C(=O)/C(=C\c3cc(Cl)c4c(c3)OCCO4)NC2=S)cc1. The van der Waals surface area contributed by atoms with Crippen LogP contribution in [0.15, 0.2) is 42.1 Å². The summed E-state index contributed by atoms with van der Waals surface area (Å²) in [6, 6.07) is 11.1. The first kappa shape index (κ1) is 16.9. The maximum absolute atomic E-state index is 12.8. The van der Waals surface area contributed by atoms with Gasteiger partial charge < -0.3 is 14.8 Å². The lowest BCUT2D eigenvalue weighted by Gasteiger charge is -2.19. The van der Waals surface area contributed by atoms with Crippen molar-refractivity contribution in [2.24, 2.45) is 0 Å². The number of thiocarbonyl (C=S) groups is 1. The van der Waals surface area contributed by atoms with Crippen LogP contribution in [0, 0.1) is 6.92 Å². The normalized spacial score (nSPS) is 17.6. The minimum Gasteiger partial charge on any atom is -0.486 e. The monoisotopic (exact) mass is 386 g/mol. The molecule has 2 aliphatic rings. The van der Waals surface area contributed by atoms with Crippen LogP contribution in [0.2, 0.25) is 5.02 Å². The van der Waals surface area contributed by atoms with Crippen molar-refractivity contribution in [3.63, 3.8) is 0 Å². The van der Waals surface area contributed by atoms with Gasteiger partial charge in [-0.05, 0) is 55.0 Å². The summed E-state index contributed by atoms with van der Waals surface area (Å²) in [6.45, 7) is 2.92. The number of halogens is 1. The Hall–Kier alpha value is -2.57. The molecule has 0 spiro atoms. The van der Waals surface area contributed by atoms with Crippen molar-refractivity contribution in [3.05, 3.63) is 58.2 Å². The van der Waals surface area contributed by atoms with Gasteiger partial charge in [0.1, 0.15) is 18.9 Å². The lowest BCUT2D eigenvalue weighted by Crippen LogP contribution is -2.30. The van der Waals surface area contributed by atoms with Crippen LogP contribution >= 0.6 is 23.8 Å². The van der Waals surface area contributed by atoms with Gasteiger partial charge in [0.05, 0.1) is 10.7 Å². The number of nitrogens with zero attached hydrogens (tertiary/aromatic N) is 1. The summed E-state index contributed by atoms with van der Waals surface area (Å²) in [7, 11) is 0. The molecule has 0 bridgehead atoms. The van der Waals surface area contributed by atoms with Crippen LogP contribution in [0.25, 0.3) is 6.08 Å². The Bertz CT molecular complexity index is 941. The van der Waals surface area contributed by atoms with E-state index in [-0.39, 0.29) is 5.91 Å². The molecule has 5 nitrogen and oxygen atoms in total. The van der Waals surface area contributed by atoms with Gasteiger partial charge in [0.2, 0.25) is 0 Å². The summed E-state index contributed by atoms with van der Waals surface area (Å²) >= 11 is 11.6. The molecule has 0 radical (unpaired) electrons. The zero-order chi connectivity index (χ0) is 18.3. The lowest BCUT2D eigenvalue weighted by molar-refractivity contribution is -0.113. The van der Waals surface area contributed by atoms with Gasteiger partial charge in [-0.15, -0.1) is 0 Å². The van der Waals surface area contributed by atoms with Crippen LogP contribution < -0.4 is 19.7 Å². The summed E-state index contributed by atoms with van der Waals surface area (Å²) in [5.41, 5.74) is 2.94. The van der Waals surface area contributed by atoms with Crippen molar-refractivity contribution < 1.29 is 14.3 Å². The molecule has 2 aromatic rings. The van der Waals surface area contributed by atoms with Gasteiger partial charge >= 0.3 is 0 Å². The van der Waals surface area contributed by atoms with Crippen LogP contribution in [0.3, 0.4) is 0 Å². The number of anilines is 1. The lowest BCUT2D eigenvalue weighted by atomic mass is 10.1. The highest BCUT2D eigenvalue weighted by Crippen LogP contribution is 2.39. The maximum atomic E-state index is 12.8. The molecular formula is C19H15ClN2O3S. The van der Waals surface area contributed by atoms with E-state index in [1.54, 1.807) is 18.2 Å². The Kier molecular flexibility index (Phi) is 4.30. The van der Waals surface area contributed by atoms with Gasteiger partial charge in [0, 0.05) is 0 Å². The molecule has 0 atom stereocenters. The summed E-state index contributed by atoms with van der Waals surface area (Å²) in [5, 5.41) is 3.75. The first-order valence-corrected chi connectivity index (χ1v) is 8.84. The smallest absolute Gasteiger partial charge is 0.281 e. The van der Waals surface area contributed by atoms with Crippen molar-refractivity contribution in [2.75, 3.05) is 18.1 Å². The van der Waals surface area contributed by atoms with Gasteiger partial charge in [0.25, 0.3) is 5.91 Å². The number of carbonyl (C=O) groups excluding carboxylic acids is 1. The van der Waals surface area contributed by atoms with Gasteiger partial charge in [-0.1, -0.05) is 29.3 Å². The molecule has 0 unspecified atom stereocenters. The van der Waals surface area contributed by atoms with Gasteiger partial charge in [0.15, 0.2) is 16.6 Å². The van der Waals surface area contributed by atoms with E-state index in [4.69, 9.17) is 33.3 Å². The van der Waals surface area contributed by atoms with E-state index in [0.29, 0.717) is 40.5 Å². The summed E-state index contributed by atoms with van der Waals surface area (Å²) in [6.07, 6.45) is 1.70. The van der Waals surface area contributed by atoms with Crippen molar-refractivity contribution in [1.82, 2.24) is 5.32 Å². The van der Waals surface area contributed by atoms with Crippen LogP contribution in [-0.2, 0) is 4.79 Å². The Morgan fingerprint density at radius 1 is 1.19 bits per heavy atom. The molecule has 26 heavy (non-hydrogen) atoms. The van der Waals surface area contributed by atoms with E-state index in [1.807, 2.05) is 31.2 Å². The Labute approximate surface area is 161 Å². The van der Waals surface area contributed by atoms with E-state index in [2.05, 4.69) is 5.32 Å². The second-order valence-electron chi connectivity index (χ2n) is 5.99. The number of benzene rings is 2. The number of hydrogen-bond donors (Lipinski definition) is 1. The molecule has 2 heterocycles. The third-order valence-electron chi connectivity index (χ3n) is 4.10. The standard InChI is InChI=1S/C19H15ClN2O3S/c1-11-2-4-13(5-3-11)22-18(23)15(21-19(22)26)9-12-8-14(20)17-16(10-12)24-6-7-25-17/h2-5,8-10H,6-7H2,1H3,(H,21,26)/b15-9+.